The Kier molecular flexibility index (Phi) is 7.19. The topological polar surface area (TPSA) is 18.5 Å². The molecule has 2 nitrogen and oxygen atoms in total. The van der Waals surface area contributed by atoms with E-state index in [2.05, 4.69) is 38.1 Å². The Bertz CT molecular complexity index is 1720. The van der Waals surface area contributed by atoms with E-state index in [9.17, 15) is 26.3 Å². The first-order valence-electron chi connectivity index (χ1n) is 14.7. The molecular formula is C36H28F6O2Zr. The van der Waals surface area contributed by atoms with E-state index in [0.29, 0.717) is 0 Å². The molecule has 9 heteroatoms. The first-order valence-corrected chi connectivity index (χ1v) is 19.5. The van der Waals surface area contributed by atoms with Crippen molar-refractivity contribution in [2.45, 2.75) is 46.3 Å². The van der Waals surface area contributed by atoms with Crippen LogP contribution in [0.3, 0.4) is 0 Å². The Morgan fingerprint density at radius 3 is 1.24 bits per heavy atom. The summed E-state index contributed by atoms with van der Waals surface area (Å²) in [6.07, 6.45) is -7.55. The van der Waals surface area contributed by atoms with Crippen LogP contribution in [0.2, 0.25) is 0 Å². The van der Waals surface area contributed by atoms with Gasteiger partial charge in [-0.25, -0.2) is 0 Å². The summed E-state index contributed by atoms with van der Waals surface area (Å²) in [4.78, 5) is 0. The Morgan fingerprint density at radius 1 is 0.533 bits per heavy atom. The van der Waals surface area contributed by atoms with Gasteiger partial charge in [-0.15, -0.1) is 0 Å². The normalized spacial score (nSPS) is 20.3. The van der Waals surface area contributed by atoms with Gasteiger partial charge < -0.3 is 0 Å². The molecule has 1 fully saturated rings. The van der Waals surface area contributed by atoms with Gasteiger partial charge in [-0.05, 0) is 0 Å². The Hall–Kier alpha value is -3.58. The van der Waals surface area contributed by atoms with Crippen molar-refractivity contribution in [2.75, 3.05) is 0 Å². The molecule has 3 aliphatic rings. The molecule has 0 aromatic heterocycles. The van der Waals surface area contributed by atoms with Crippen molar-refractivity contribution in [2.24, 2.45) is 0 Å². The zero-order valence-electron chi connectivity index (χ0n) is 24.4. The fourth-order valence-electron chi connectivity index (χ4n) is 7.40. The SMILES string of the molecule is CC1=C2CCC3=C(C)c4ccccc4[CH]3[Zr]([O]c3ccc(C(F)(F)F)cc3)([O]c3ccc(C(F)(F)F)cc3)[CH]2c2ccccc21. The Balaban J connectivity index is 1.49. The summed E-state index contributed by atoms with van der Waals surface area (Å²) < 4.78 is 94.9. The van der Waals surface area contributed by atoms with E-state index in [1.54, 1.807) is 0 Å². The van der Waals surface area contributed by atoms with Crippen LogP contribution in [0.15, 0.2) is 108 Å². The first-order chi connectivity index (χ1) is 21.4. The predicted octanol–water partition coefficient (Wildman–Crippen LogP) is 11.0. The number of hydrogen-bond acceptors (Lipinski definition) is 2. The number of halogens is 6. The minimum atomic E-state index is -5.02. The number of allylic oxidation sites excluding steroid dienone is 4. The summed E-state index contributed by atoms with van der Waals surface area (Å²) in [6.45, 7) is 4.16. The van der Waals surface area contributed by atoms with Gasteiger partial charge in [-0.3, -0.25) is 0 Å². The van der Waals surface area contributed by atoms with Gasteiger partial charge in [-0.2, -0.15) is 0 Å². The van der Waals surface area contributed by atoms with Crippen molar-refractivity contribution in [3.63, 3.8) is 0 Å². The molecule has 0 amide bonds. The van der Waals surface area contributed by atoms with Crippen molar-refractivity contribution in [1.82, 2.24) is 0 Å². The van der Waals surface area contributed by atoms with E-state index < -0.39 is 44.6 Å². The number of rotatable bonds is 4. The van der Waals surface area contributed by atoms with E-state index in [-0.39, 0.29) is 18.8 Å². The molecule has 4 aromatic rings. The second-order valence-corrected chi connectivity index (χ2v) is 19.2. The Labute approximate surface area is 262 Å². The van der Waals surface area contributed by atoms with Gasteiger partial charge in [0, 0.05) is 0 Å². The second kappa shape index (κ2) is 10.8. The molecule has 1 saturated heterocycles. The van der Waals surface area contributed by atoms with Crippen molar-refractivity contribution in [1.29, 1.82) is 0 Å². The number of hydrogen-bond donors (Lipinski definition) is 0. The van der Waals surface area contributed by atoms with Crippen molar-refractivity contribution in [3.8, 4) is 11.5 Å². The third-order valence-electron chi connectivity index (χ3n) is 9.40. The average molecular weight is 698 g/mol. The van der Waals surface area contributed by atoms with Crippen LogP contribution in [0, 0.1) is 0 Å². The van der Waals surface area contributed by atoms with Crippen molar-refractivity contribution in [3.05, 3.63) is 142 Å². The van der Waals surface area contributed by atoms with Crippen LogP contribution in [0.4, 0.5) is 26.3 Å². The Morgan fingerprint density at radius 2 is 0.889 bits per heavy atom. The van der Waals surface area contributed by atoms with Gasteiger partial charge in [0.15, 0.2) is 0 Å². The van der Waals surface area contributed by atoms with E-state index in [0.717, 1.165) is 81.7 Å². The van der Waals surface area contributed by atoms with Gasteiger partial charge >= 0.3 is 264 Å². The molecule has 2 atom stereocenters. The zero-order chi connectivity index (χ0) is 31.7. The van der Waals surface area contributed by atoms with Gasteiger partial charge in [0.25, 0.3) is 0 Å². The number of alkyl halides is 6. The van der Waals surface area contributed by atoms with Crippen LogP contribution in [-0.4, -0.2) is 0 Å². The molecule has 0 radical (unpaired) electrons. The second-order valence-electron chi connectivity index (χ2n) is 11.8. The molecule has 0 saturated carbocycles. The standard InChI is InChI=1S/C22H20.2C7H5F3O.Zr/c1-15-17(13-19-7-3-5-9-21(15)19)11-12-18-14-20-8-4-6-10-22(20)16(18)2;2*8-7(9,10)5-1-3-6(11)4-2-5;/h3-10,13-14H,11-12H2,1-2H3;2*1-4,11H;/q;;;+2/p-2. The molecule has 0 bridgehead atoms. The maximum atomic E-state index is 13.5. The monoisotopic (exact) mass is 696 g/mol. The third-order valence-corrected chi connectivity index (χ3v) is 19.3. The molecular weight excluding hydrogens is 670 g/mol. The van der Waals surface area contributed by atoms with Gasteiger partial charge in [0.1, 0.15) is 0 Å². The van der Waals surface area contributed by atoms with E-state index in [1.165, 1.54) is 24.3 Å². The molecule has 1 heterocycles. The summed E-state index contributed by atoms with van der Waals surface area (Å²) >= 11 is -5.02. The third kappa shape index (κ3) is 4.98. The molecule has 0 N–H and O–H groups in total. The van der Waals surface area contributed by atoms with Crippen LogP contribution < -0.4 is 5.63 Å². The quantitative estimate of drug-likeness (QED) is 0.198. The van der Waals surface area contributed by atoms with Gasteiger partial charge in [-0.1, -0.05) is 0 Å². The molecule has 230 valence electrons. The molecule has 2 aliphatic carbocycles. The molecule has 1 aliphatic heterocycles. The number of benzene rings is 4. The molecule has 0 spiro atoms. The van der Waals surface area contributed by atoms with Gasteiger partial charge in [0.05, 0.1) is 0 Å². The van der Waals surface area contributed by atoms with Crippen LogP contribution in [0.1, 0.15) is 67.3 Å². The average Bonchev–Trinajstić information content (AvgIpc) is 3.40. The summed E-state index contributed by atoms with van der Waals surface area (Å²) in [5, 5.41) is 0. The van der Waals surface area contributed by atoms with Crippen molar-refractivity contribution < 1.29 is 53.1 Å². The fourth-order valence-corrected chi connectivity index (χ4v) is 19.5. The summed E-state index contributed by atoms with van der Waals surface area (Å²) in [7, 11) is 0. The summed E-state index contributed by atoms with van der Waals surface area (Å²) in [6, 6.07) is 25.4. The van der Waals surface area contributed by atoms with Crippen LogP contribution in [0.25, 0.3) is 11.1 Å². The maximum absolute atomic E-state index is 13.5. The van der Waals surface area contributed by atoms with E-state index in [1.807, 2.05) is 24.3 Å². The fraction of sp³-hybridized carbons (Fsp3) is 0.222. The summed E-state index contributed by atoms with van der Waals surface area (Å²) in [5.74, 6) is 0.491. The number of fused-ring (bicyclic) bond motifs is 6. The molecule has 45 heavy (non-hydrogen) atoms. The van der Waals surface area contributed by atoms with Crippen molar-refractivity contribution >= 4 is 11.1 Å². The summed E-state index contributed by atoms with van der Waals surface area (Å²) in [5.41, 5.74) is 7.18. The van der Waals surface area contributed by atoms with Crippen LogP contribution in [-0.2, 0) is 33.5 Å². The van der Waals surface area contributed by atoms with Gasteiger partial charge in [0.2, 0.25) is 0 Å². The zero-order valence-corrected chi connectivity index (χ0v) is 26.8. The predicted molar refractivity (Wildman–Crippen MR) is 157 cm³/mol. The van der Waals surface area contributed by atoms with E-state index in [4.69, 9.17) is 5.63 Å². The molecule has 4 aromatic carbocycles. The molecule has 2 unspecified atom stereocenters. The molecule has 7 rings (SSSR count). The first kappa shape index (κ1) is 30.1. The minimum absolute atomic E-state index is 0.246. The van der Waals surface area contributed by atoms with Crippen LogP contribution >= 0.6 is 0 Å². The van der Waals surface area contributed by atoms with Crippen LogP contribution in [0.5, 0.6) is 11.5 Å². The van der Waals surface area contributed by atoms with E-state index >= 15 is 0 Å².